The molecule has 0 amide bonds. The number of rotatable bonds is 3. The van der Waals surface area contributed by atoms with Crippen molar-refractivity contribution in [1.29, 1.82) is 0 Å². The molecular weight excluding hydrogens is 256 g/mol. The number of carboxylic acid groups (broad SMARTS) is 1. The van der Waals surface area contributed by atoms with Crippen molar-refractivity contribution in [3.05, 3.63) is 35.7 Å². The maximum absolute atomic E-state index is 11.0. The highest BCUT2D eigenvalue weighted by Crippen LogP contribution is 2.32. The highest BCUT2D eigenvalue weighted by atomic mass is 16.5. The summed E-state index contributed by atoms with van der Waals surface area (Å²) in [6, 6.07) is 6.60. The molecule has 1 N–H and O–H groups in total. The van der Waals surface area contributed by atoms with E-state index in [2.05, 4.69) is 10.1 Å². The summed E-state index contributed by atoms with van der Waals surface area (Å²) in [6.07, 6.45) is 5.87. The van der Waals surface area contributed by atoms with Gasteiger partial charge in [-0.2, -0.15) is 4.98 Å². The lowest BCUT2D eigenvalue weighted by Gasteiger charge is -2.17. The predicted molar refractivity (Wildman–Crippen MR) is 72.5 cm³/mol. The molecule has 5 nitrogen and oxygen atoms in total. The van der Waals surface area contributed by atoms with E-state index in [9.17, 15) is 4.79 Å². The molecule has 1 aromatic heterocycles. The minimum atomic E-state index is -0.956. The van der Waals surface area contributed by atoms with Crippen molar-refractivity contribution in [3.8, 4) is 11.4 Å². The lowest BCUT2D eigenvalue weighted by atomic mass is 9.89. The second kappa shape index (κ2) is 5.45. The molecule has 5 heteroatoms. The average Bonchev–Trinajstić information content (AvgIpc) is 2.98. The van der Waals surface area contributed by atoms with Crippen LogP contribution in [0.4, 0.5) is 0 Å². The van der Waals surface area contributed by atoms with Crippen LogP contribution in [-0.4, -0.2) is 21.2 Å². The lowest BCUT2D eigenvalue weighted by Crippen LogP contribution is -2.04. The normalized spacial score (nSPS) is 16.2. The topological polar surface area (TPSA) is 76.2 Å². The summed E-state index contributed by atoms with van der Waals surface area (Å²) in [4.78, 5) is 15.4. The van der Waals surface area contributed by atoms with Crippen LogP contribution in [0.1, 0.15) is 54.3 Å². The van der Waals surface area contributed by atoms with E-state index in [1.165, 1.54) is 19.3 Å². The van der Waals surface area contributed by atoms with Crippen LogP contribution in [0, 0.1) is 0 Å². The molecule has 104 valence electrons. The zero-order valence-corrected chi connectivity index (χ0v) is 11.1. The lowest BCUT2D eigenvalue weighted by molar-refractivity contribution is 0.0697. The summed E-state index contributed by atoms with van der Waals surface area (Å²) in [5, 5.41) is 13.0. The summed E-state index contributed by atoms with van der Waals surface area (Å²) >= 11 is 0. The van der Waals surface area contributed by atoms with Crippen molar-refractivity contribution in [3.63, 3.8) is 0 Å². The molecule has 2 aromatic rings. The van der Waals surface area contributed by atoms with E-state index >= 15 is 0 Å². The fraction of sp³-hybridized carbons (Fsp3) is 0.400. The van der Waals surface area contributed by atoms with Gasteiger partial charge in [0, 0.05) is 11.5 Å². The predicted octanol–water partition coefficient (Wildman–Crippen LogP) is 3.48. The smallest absolute Gasteiger partial charge is 0.335 e. The van der Waals surface area contributed by atoms with E-state index in [1.807, 2.05) is 0 Å². The fourth-order valence-electron chi connectivity index (χ4n) is 2.66. The zero-order valence-electron chi connectivity index (χ0n) is 11.1. The highest BCUT2D eigenvalue weighted by molar-refractivity contribution is 5.89. The Hall–Kier alpha value is -2.17. The maximum atomic E-state index is 11.0. The molecule has 0 saturated heterocycles. The molecule has 1 aromatic carbocycles. The van der Waals surface area contributed by atoms with E-state index < -0.39 is 5.97 Å². The van der Waals surface area contributed by atoms with Gasteiger partial charge in [0.15, 0.2) is 0 Å². The molecule has 0 atom stereocenters. The van der Waals surface area contributed by atoms with Gasteiger partial charge < -0.3 is 9.63 Å². The number of nitrogens with zero attached hydrogens (tertiary/aromatic N) is 2. The van der Waals surface area contributed by atoms with Gasteiger partial charge in [0.2, 0.25) is 11.7 Å². The number of aromatic nitrogens is 2. The largest absolute Gasteiger partial charge is 0.478 e. The first-order valence-corrected chi connectivity index (χ1v) is 6.91. The highest BCUT2D eigenvalue weighted by Gasteiger charge is 2.22. The maximum Gasteiger partial charge on any atom is 0.335 e. The summed E-state index contributed by atoms with van der Waals surface area (Å²) in [5.74, 6) is 0.546. The van der Waals surface area contributed by atoms with E-state index in [1.54, 1.807) is 24.3 Å². The Bertz CT molecular complexity index is 615. The second-order valence-electron chi connectivity index (χ2n) is 5.18. The molecule has 1 heterocycles. The Kier molecular flexibility index (Phi) is 3.50. The minimum absolute atomic E-state index is 0.228. The van der Waals surface area contributed by atoms with Gasteiger partial charge in [-0.1, -0.05) is 36.6 Å². The summed E-state index contributed by atoms with van der Waals surface area (Å²) in [5.41, 5.74) is 0.905. The number of carboxylic acids is 1. The Morgan fingerprint density at radius 2 is 2.05 bits per heavy atom. The molecule has 1 aliphatic rings. The Labute approximate surface area is 116 Å². The SMILES string of the molecule is O=C(O)c1cccc(-c2noc(C3CCCCC3)n2)c1. The van der Waals surface area contributed by atoms with Crippen molar-refractivity contribution < 1.29 is 14.4 Å². The van der Waals surface area contributed by atoms with Crippen molar-refractivity contribution >= 4 is 5.97 Å². The quantitative estimate of drug-likeness (QED) is 0.925. The Balaban J connectivity index is 1.85. The fourth-order valence-corrected chi connectivity index (χ4v) is 2.66. The minimum Gasteiger partial charge on any atom is -0.478 e. The first-order chi connectivity index (χ1) is 9.74. The number of aromatic carboxylic acids is 1. The van der Waals surface area contributed by atoms with Crippen LogP contribution in [-0.2, 0) is 0 Å². The molecule has 20 heavy (non-hydrogen) atoms. The van der Waals surface area contributed by atoms with Gasteiger partial charge in [-0.3, -0.25) is 0 Å². The van der Waals surface area contributed by atoms with Crippen molar-refractivity contribution in [2.45, 2.75) is 38.0 Å². The molecule has 0 radical (unpaired) electrons. The molecule has 1 aliphatic carbocycles. The summed E-state index contributed by atoms with van der Waals surface area (Å²) < 4.78 is 5.35. The number of benzene rings is 1. The third-order valence-corrected chi connectivity index (χ3v) is 3.76. The van der Waals surface area contributed by atoms with Gasteiger partial charge in [0.05, 0.1) is 5.56 Å². The third-order valence-electron chi connectivity index (χ3n) is 3.76. The standard InChI is InChI=1S/C15H16N2O3/c18-15(19)12-8-4-7-11(9-12)13-16-14(20-17-13)10-5-2-1-3-6-10/h4,7-10H,1-3,5-6H2,(H,18,19). The van der Waals surface area contributed by atoms with Crippen LogP contribution in [0.15, 0.2) is 28.8 Å². The van der Waals surface area contributed by atoms with Gasteiger partial charge in [-0.15, -0.1) is 0 Å². The van der Waals surface area contributed by atoms with Crippen molar-refractivity contribution in [2.24, 2.45) is 0 Å². The number of hydrogen-bond donors (Lipinski definition) is 1. The third kappa shape index (κ3) is 2.57. The Morgan fingerprint density at radius 1 is 1.25 bits per heavy atom. The van der Waals surface area contributed by atoms with Crippen LogP contribution in [0.2, 0.25) is 0 Å². The number of carbonyl (C=O) groups is 1. The molecule has 0 unspecified atom stereocenters. The van der Waals surface area contributed by atoms with Gasteiger partial charge >= 0.3 is 5.97 Å². The van der Waals surface area contributed by atoms with Gasteiger partial charge in [0.1, 0.15) is 0 Å². The molecule has 0 aliphatic heterocycles. The average molecular weight is 272 g/mol. The number of hydrogen-bond acceptors (Lipinski definition) is 4. The van der Waals surface area contributed by atoms with E-state index in [4.69, 9.17) is 9.63 Å². The van der Waals surface area contributed by atoms with Crippen molar-refractivity contribution in [2.75, 3.05) is 0 Å². The van der Waals surface area contributed by atoms with Crippen molar-refractivity contribution in [1.82, 2.24) is 10.1 Å². The Morgan fingerprint density at radius 3 is 2.80 bits per heavy atom. The molecule has 1 fully saturated rings. The first-order valence-electron chi connectivity index (χ1n) is 6.91. The van der Waals surface area contributed by atoms with Crippen LogP contribution in [0.25, 0.3) is 11.4 Å². The second-order valence-corrected chi connectivity index (χ2v) is 5.18. The molecule has 0 bridgehead atoms. The monoisotopic (exact) mass is 272 g/mol. The van der Waals surface area contributed by atoms with Gasteiger partial charge in [-0.05, 0) is 25.0 Å². The van der Waals surface area contributed by atoms with E-state index in [-0.39, 0.29) is 5.56 Å². The van der Waals surface area contributed by atoms with E-state index in [0.717, 1.165) is 12.8 Å². The van der Waals surface area contributed by atoms with E-state index in [0.29, 0.717) is 23.2 Å². The molecular formula is C15H16N2O3. The first kappa shape index (κ1) is 12.8. The summed E-state index contributed by atoms with van der Waals surface area (Å²) in [7, 11) is 0. The van der Waals surface area contributed by atoms with Gasteiger partial charge in [-0.25, -0.2) is 4.79 Å². The molecule has 0 spiro atoms. The summed E-state index contributed by atoms with van der Waals surface area (Å²) in [6.45, 7) is 0. The van der Waals surface area contributed by atoms with Crippen LogP contribution in [0.5, 0.6) is 0 Å². The van der Waals surface area contributed by atoms with Crippen LogP contribution < -0.4 is 0 Å². The molecule has 1 saturated carbocycles. The molecule has 3 rings (SSSR count). The zero-order chi connectivity index (χ0) is 13.9. The van der Waals surface area contributed by atoms with Crippen LogP contribution in [0.3, 0.4) is 0 Å². The van der Waals surface area contributed by atoms with Crippen LogP contribution >= 0.6 is 0 Å². The van der Waals surface area contributed by atoms with Gasteiger partial charge in [0.25, 0.3) is 0 Å².